The van der Waals surface area contributed by atoms with E-state index in [1.165, 1.54) is 12.1 Å². The normalized spacial score (nSPS) is 18.6. The fraction of sp³-hybridized carbons (Fsp3) is 0.455. The molecule has 0 saturated heterocycles. The lowest BCUT2D eigenvalue weighted by molar-refractivity contribution is -0.290. The number of hydrogen-bond acceptors (Lipinski definition) is 3. The highest BCUT2D eigenvalue weighted by Gasteiger charge is 2.76. The number of halogens is 6. The molecule has 1 aliphatic heterocycles. The maximum atomic E-state index is 13.0. The number of aryl methyl sites for hydroxylation is 1. The van der Waals surface area contributed by atoms with Crippen LogP contribution in [0.3, 0.4) is 0 Å². The molecule has 0 amide bonds. The highest BCUT2D eigenvalue weighted by atomic mass is 19.4. The van der Waals surface area contributed by atoms with Crippen molar-refractivity contribution >= 4 is 5.69 Å². The summed E-state index contributed by atoms with van der Waals surface area (Å²) in [4.78, 5) is 0. The predicted molar refractivity (Wildman–Crippen MR) is 58.2 cm³/mol. The van der Waals surface area contributed by atoms with Crippen LogP contribution in [0.4, 0.5) is 32.0 Å². The first-order valence-electron chi connectivity index (χ1n) is 5.47. The molecule has 1 aliphatic rings. The first kappa shape index (κ1) is 14.6. The number of benzene rings is 1. The van der Waals surface area contributed by atoms with Crippen LogP contribution < -0.4 is 5.01 Å². The molecule has 1 heterocycles. The van der Waals surface area contributed by atoms with Crippen LogP contribution in [0.1, 0.15) is 5.56 Å². The second kappa shape index (κ2) is 4.35. The van der Waals surface area contributed by atoms with E-state index in [4.69, 9.17) is 0 Å². The van der Waals surface area contributed by atoms with Gasteiger partial charge < -0.3 is 0 Å². The predicted octanol–water partition coefficient (Wildman–Crippen LogP) is 4.05. The Balaban J connectivity index is 2.56. The van der Waals surface area contributed by atoms with Crippen LogP contribution in [0.5, 0.6) is 0 Å². The van der Waals surface area contributed by atoms with Crippen molar-refractivity contribution in [3.8, 4) is 0 Å². The van der Waals surface area contributed by atoms with Gasteiger partial charge in [0.1, 0.15) is 6.54 Å². The Labute approximate surface area is 109 Å². The molecule has 2 rings (SSSR count). The summed E-state index contributed by atoms with van der Waals surface area (Å²) in [6.07, 6.45) is -11.1. The Morgan fingerprint density at radius 1 is 1.00 bits per heavy atom. The second-order valence-corrected chi connectivity index (χ2v) is 4.39. The summed E-state index contributed by atoms with van der Waals surface area (Å²) in [6.45, 7) is 0.157. The van der Waals surface area contributed by atoms with Crippen LogP contribution in [-0.2, 0) is 0 Å². The van der Waals surface area contributed by atoms with Crippen molar-refractivity contribution in [3.63, 3.8) is 0 Å². The third kappa shape index (κ3) is 2.01. The van der Waals surface area contributed by atoms with Crippen LogP contribution in [0.2, 0.25) is 0 Å². The van der Waals surface area contributed by atoms with Crippen LogP contribution in [-0.4, -0.2) is 24.4 Å². The summed E-state index contributed by atoms with van der Waals surface area (Å²) in [7, 11) is 0. The molecule has 0 unspecified atom stereocenters. The van der Waals surface area contributed by atoms with Gasteiger partial charge in [-0.05, 0) is 19.1 Å². The Bertz CT molecular complexity index is 502. The fourth-order valence-corrected chi connectivity index (χ4v) is 1.88. The Kier molecular flexibility index (Phi) is 3.18. The highest BCUT2D eigenvalue weighted by Crippen LogP contribution is 2.51. The van der Waals surface area contributed by atoms with Crippen molar-refractivity contribution in [2.75, 3.05) is 11.6 Å². The minimum atomic E-state index is -5.56. The number of alkyl halides is 6. The van der Waals surface area contributed by atoms with E-state index in [0.29, 0.717) is 5.56 Å². The second-order valence-electron chi connectivity index (χ2n) is 4.39. The van der Waals surface area contributed by atoms with Gasteiger partial charge in [-0.1, -0.05) is 22.9 Å². The lowest BCUT2D eigenvalue weighted by Gasteiger charge is -2.38. The molecule has 0 N–H and O–H groups in total. The van der Waals surface area contributed by atoms with Gasteiger partial charge in [0, 0.05) is 0 Å². The molecule has 0 saturated carbocycles. The molecule has 1 aromatic carbocycles. The third-order valence-electron chi connectivity index (χ3n) is 3.03. The SMILES string of the molecule is Cc1ccc(N2N=NCC2(C(F)(F)F)C(F)(F)F)cc1. The van der Waals surface area contributed by atoms with Gasteiger partial charge in [0.2, 0.25) is 0 Å². The van der Waals surface area contributed by atoms with Crippen molar-refractivity contribution in [1.82, 2.24) is 0 Å². The molecule has 110 valence electrons. The minimum Gasteiger partial charge on any atom is -0.221 e. The molecule has 0 radical (unpaired) electrons. The Morgan fingerprint density at radius 2 is 1.50 bits per heavy atom. The molecule has 1 aromatic rings. The quantitative estimate of drug-likeness (QED) is 0.719. The lowest BCUT2D eigenvalue weighted by Crippen LogP contribution is -2.66. The largest absolute Gasteiger partial charge is 0.424 e. The van der Waals surface area contributed by atoms with E-state index in [2.05, 4.69) is 10.3 Å². The van der Waals surface area contributed by atoms with Gasteiger partial charge in [-0.2, -0.15) is 31.5 Å². The molecule has 20 heavy (non-hydrogen) atoms. The van der Waals surface area contributed by atoms with Crippen molar-refractivity contribution < 1.29 is 26.3 Å². The number of nitrogens with zero attached hydrogens (tertiary/aromatic N) is 3. The van der Waals surface area contributed by atoms with Gasteiger partial charge in [0.05, 0.1) is 5.69 Å². The van der Waals surface area contributed by atoms with Crippen LogP contribution in [0.15, 0.2) is 34.6 Å². The highest BCUT2D eigenvalue weighted by molar-refractivity contribution is 5.51. The van der Waals surface area contributed by atoms with E-state index in [-0.39, 0.29) is 10.7 Å². The summed E-state index contributed by atoms with van der Waals surface area (Å²) >= 11 is 0. The topological polar surface area (TPSA) is 28.0 Å². The van der Waals surface area contributed by atoms with E-state index in [1.807, 2.05) is 0 Å². The number of hydrogen-bond donors (Lipinski definition) is 0. The fourth-order valence-electron chi connectivity index (χ4n) is 1.88. The average Bonchev–Trinajstić information content (AvgIpc) is 2.74. The van der Waals surface area contributed by atoms with Crippen LogP contribution in [0, 0.1) is 6.92 Å². The van der Waals surface area contributed by atoms with Crippen molar-refractivity contribution in [1.29, 1.82) is 0 Å². The summed E-state index contributed by atoms with van der Waals surface area (Å²) < 4.78 is 78.3. The van der Waals surface area contributed by atoms with E-state index in [1.54, 1.807) is 6.92 Å². The maximum Gasteiger partial charge on any atom is 0.424 e. The van der Waals surface area contributed by atoms with E-state index in [9.17, 15) is 26.3 Å². The Hall–Kier alpha value is -1.80. The molecule has 0 atom stereocenters. The molecule has 0 fully saturated rings. The van der Waals surface area contributed by atoms with Gasteiger partial charge in [0.15, 0.2) is 0 Å². The lowest BCUT2D eigenvalue weighted by atomic mass is 9.96. The maximum absolute atomic E-state index is 13.0. The molecule has 9 heteroatoms. The van der Waals surface area contributed by atoms with Gasteiger partial charge in [0.25, 0.3) is 5.54 Å². The van der Waals surface area contributed by atoms with Gasteiger partial charge in [-0.3, -0.25) is 0 Å². The molecule has 3 nitrogen and oxygen atoms in total. The van der Waals surface area contributed by atoms with E-state index in [0.717, 1.165) is 12.1 Å². The molecular weight excluding hydrogens is 288 g/mol. The molecule has 0 aliphatic carbocycles. The average molecular weight is 297 g/mol. The molecular formula is C11H9F6N3. The summed E-state index contributed by atoms with van der Waals surface area (Å²) in [5.74, 6) is 0. The number of anilines is 1. The minimum absolute atomic E-state index is 0.105. The monoisotopic (exact) mass is 297 g/mol. The van der Waals surface area contributed by atoms with E-state index >= 15 is 0 Å². The zero-order chi connectivity index (χ0) is 15.2. The molecule has 0 aromatic heterocycles. The summed E-state index contributed by atoms with van der Waals surface area (Å²) in [5, 5.41) is 5.90. The van der Waals surface area contributed by atoms with Crippen molar-refractivity contribution in [2.45, 2.75) is 24.8 Å². The molecule has 0 bridgehead atoms. The summed E-state index contributed by atoms with van der Waals surface area (Å²) in [6, 6.07) is 5.10. The van der Waals surface area contributed by atoms with Gasteiger partial charge in [-0.15, -0.1) is 0 Å². The van der Waals surface area contributed by atoms with Crippen LogP contribution >= 0.6 is 0 Å². The zero-order valence-electron chi connectivity index (χ0n) is 10.1. The number of rotatable bonds is 1. The first-order valence-corrected chi connectivity index (χ1v) is 5.47. The van der Waals surface area contributed by atoms with Crippen molar-refractivity contribution in [3.05, 3.63) is 29.8 Å². The van der Waals surface area contributed by atoms with Crippen molar-refractivity contribution in [2.24, 2.45) is 10.3 Å². The smallest absolute Gasteiger partial charge is 0.221 e. The molecule has 0 spiro atoms. The van der Waals surface area contributed by atoms with Gasteiger partial charge in [-0.25, -0.2) is 5.01 Å². The van der Waals surface area contributed by atoms with Gasteiger partial charge >= 0.3 is 12.4 Å². The summed E-state index contributed by atoms with van der Waals surface area (Å²) in [5.41, 5.74) is -3.73. The third-order valence-corrected chi connectivity index (χ3v) is 3.03. The van der Waals surface area contributed by atoms with E-state index < -0.39 is 24.4 Å². The Morgan fingerprint density at radius 3 is 1.95 bits per heavy atom. The van der Waals surface area contributed by atoms with Crippen LogP contribution in [0.25, 0.3) is 0 Å². The standard InChI is InChI=1S/C11H9F6N3/c1-7-2-4-8(5-3-7)20-9(6-18-19-20,10(12,13)14)11(15,16)17/h2-5H,6H2,1H3. The zero-order valence-corrected chi connectivity index (χ0v) is 10.1. The first-order chi connectivity index (χ1) is 9.09.